The molecule has 1 unspecified atom stereocenters. The normalized spacial score (nSPS) is 13.4. The van der Waals surface area contributed by atoms with E-state index in [2.05, 4.69) is 0 Å². The van der Waals surface area contributed by atoms with Crippen LogP contribution in [0.25, 0.3) is 10.8 Å². The summed E-state index contributed by atoms with van der Waals surface area (Å²) in [6, 6.07) is 23.0. The van der Waals surface area contributed by atoms with E-state index in [9.17, 15) is 0 Å². The van der Waals surface area contributed by atoms with Crippen LogP contribution in [0.15, 0.2) is 72.8 Å². The number of rotatable bonds is 11. The predicted molar refractivity (Wildman–Crippen MR) is 111 cm³/mol. The first-order chi connectivity index (χ1) is 14.2. The topological polar surface area (TPSA) is 49.4 Å². The number of para-hydroxylation sites is 1. The van der Waals surface area contributed by atoms with Crippen LogP contribution in [0.5, 0.6) is 11.5 Å². The molecule has 0 spiro atoms. The predicted octanol–water partition coefficient (Wildman–Crippen LogP) is 5.15. The molecule has 0 saturated heterocycles. The first-order valence-corrected chi connectivity index (χ1v) is 9.74. The molecule has 154 valence electrons. The third-order valence-corrected chi connectivity index (χ3v) is 4.16. The number of nitrogens with zero attached hydrogens (tertiary/aromatic N) is 1. The van der Waals surface area contributed by atoms with Gasteiger partial charge in [-0.25, -0.2) is 0 Å². The Morgan fingerprint density at radius 1 is 0.793 bits per heavy atom. The molecule has 3 aromatic carbocycles. The second kappa shape index (κ2) is 10.2. The van der Waals surface area contributed by atoms with Crippen molar-refractivity contribution in [2.75, 3.05) is 20.3 Å². The minimum absolute atomic E-state index is 0.325. The van der Waals surface area contributed by atoms with Crippen LogP contribution in [0, 0.1) is 0 Å². The zero-order valence-electron chi connectivity index (χ0n) is 17.0. The number of benzene rings is 3. The summed E-state index contributed by atoms with van der Waals surface area (Å²) in [6.07, 6.45) is -0.914. The minimum Gasteiger partial charge on any atom is -0.365 e. The van der Waals surface area contributed by atoms with Crippen LogP contribution in [0.3, 0.4) is 0 Å². The Labute approximate surface area is 171 Å². The van der Waals surface area contributed by atoms with E-state index in [0.717, 1.165) is 22.4 Å². The number of ether oxygens (including phenoxy) is 3. The molecule has 0 bridgehead atoms. The maximum atomic E-state index is 6.17. The molecule has 3 rings (SSSR count). The number of hydrogen-bond donors (Lipinski definition) is 0. The number of hydrogen-bond acceptors (Lipinski definition) is 6. The molecule has 29 heavy (non-hydrogen) atoms. The van der Waals surface area contributed by atoms with Gasteiger partial charge < -0.3 is 23.9 Å². The van der Waals surface area contributed by atoms with E-state index >= 15 is 0 Å². The van der Waals surface area contributed by atoms with Crippen molar-refractivity contribution < 1.29 is 23.9 Å². The van der Waals surface area contributed by atoms with Gasteiger partial charge in [0.05, 0.1) is 13.2 Å². The Balaban J connectivity index is 2.01. The minimum atomic E-state index is -1.68. The van der Waals surface area contributed by atoms with Crippen LogP contribution < -0.4 is 9.68 Å². The van der Waals surface area contributed by atoms with Crippen molar-refractivity contribution in [1.82, 2.24) is 5.23 Å². The van der Waals surface area contributed by atoms with E-state index in [-0.39, 0.29) is 0 Å². The second-order valence-corrected chi connectivity index (χ2v) is 6.24. The lowest BCUT2D eigenvalue weighted by Gasteiger charge is -2.37. The molecule has 0 aliphatic carbocycles. The highest BCUT2D eigenvalue weighted by atomic mass is 17.1. The monoisotopic (exact) mass is 397 g/mol. The molecule has 6 nitrogen and oxygen atoms in total. The van der Waals surface area contributed by atoms with Gasteiger partial charge in [-0.15, -0.1) is 0 Å². The maximum absolute atomic E-state index is 6.17. The van der Waals surface area contributed by atoms with E-state index < -0.39 is 6.10 Å². The van der Waals surface area contributed by atoms with Crippen molar-refractivity contribution >= 4 is 10.8 Å². The van der Waals surface area contributed by atoms with Crippen LogP contribution >= 0.6 is 0 Å². The summed E-state index contributed by atoms with van der Waals surface area (Å²) in [7, 11) is 1.49. The highest BCUT2D eigenvalue weighted by Gasteiger charge is 2.46. The van der Waals surface area contributed by atoms with Crippen molar-refractivity contribution in [2.45, 2.75) is 26.4 Å². The summed E-state index contributed by atoms with van der Waals surface area (Å²) in [5, 5.41) is 3.09. The van der Waals surface area contributed by atoms with E-state index in [1.807, 2.05) is 86.6 Å². The lowest BCUT2D eigenvalue weighted by molar-refractivity contribution is -0.543. The Kier molecular flexibility index (Phi) is 7.43. The van der Waals surface area contributed by atoms with Gasteiger partial charge in [-0.2, -0.15) is 0 Å². The highest BCUT2D eigenvalue weighted by Crippen LogP contribution is 2.30. The van der Waals surface area contributed by atoms with Gasteiger partial charge in [-0.05, 0) is 36.9 Å². The Morgan fingerprint density at radius 3 is 2.24 bits per heavy atom. The summed E-state index contributed by atoms with van der Waals surface area (Å²) in [5.74, 6) is 1.13. The van der Waals surface area contributed by atoms with Gasteiger partial charge in [0.25, 0.3) is 0 Å². The third-order valence-electron chi connectivity index (χ3n) is 4.16. The zero-order chi connectivity index (χ0) is 20.5. The van der Waals surface area contributed by atoms with Crippen molar-refractivity contribution in [1.29, 1.82) is 0 Å². The van der Waals surface area contributed by atoms with E-state index in [0.29, 0.717) is 24.7 Å². The fourth-order valence-corrected chi connectivity index (χ4v) is 2.83. The van der Waals surface area contributed by atoms with Gasteiger partial charge in [0.1, 0.15) is 5.23 Å². The molecule has 0 amide bonds. The summed E-state index contributed by atoms with van der Waals surface area (Å²) >= 11 is 0. The van der Waals surface area contributed by atoms with Crippen LogP contribution in [0.4, 0.5) is 0 Å². The molecule has 0 saturated carbocycles. The summed E-state index contributed by atoms with van der Waals surface area (Å²) in [6.45, 7) is 4.56. The summed E-state index contributed by atoms with van der Waals surface area (Å²) < 4.78 is 17.4. The first kappa shape index (κ1) is 21.1. The van der Waals surface area contributed by atoms with Gasteiger partial charge in [-0.3, -0.25) is 0 Å². The van der Waals surface area contributed by atoms with Crippen molar-refractivity contribution in [3.63, 3.8) is 0 Å². The van der Waals surface area contributed by atoms with E-state index in [1.165, 1.54) is 7.11 Å². The Bertz CT molecular complexity index is 883. The van der Waals surface area contributed by atoms with Gasteiger partial charge >= 0.3 is 6.10 Å². The fourth-order valence-electron chi connectivity index (χ4n) is 2.83. The molecule has 0 aliphatic heterocycles. The van der Waals surface area contributed by atoms with Crippen LogP contribution in [-0.2, 0) is 14.2 Å². The zero-order valence-corrected chi connectivity index (χ0v) is 17.0. The van der Waals surface area contributed by atoms with Gasteiger partial charge in [0.2, 0.25) is 0 Å². The van der Waals surface area contributed by atoms with Crippen LogP contribution in [0.1, 0.15) is 20.3 Å². The molecule has 1 atom stereocenters. The van der Waals surface area contributed by atoms with Crippen molar-refractivity contribution in [3.05, 3.63) is 72.8 Å². The largest absolute Gasteiger partial charge is 0.421 e. The van der Waals surface area contributed by atoms with Crippen LogP contribution in [0.2, 0.25) is 0 Å². The molecule has 0 radical (unpaired) electrons. The van der Waals surface area contributed by atoms with E-state index in [1.54, 1.807) is 0 Å². The molecular formula is C23H27NO5. The maximum Gasteiger partial charge on any atom is 0.421 e. The van der Waals surface area contributed by atoms with Gasteiger partial charge in [0.15, 0.2) is 11.5 Å². The van der Waals surface area contributed by atoms with Crippen molar-refractivity contribution in [2.24, 2.45) is 0 Å². The standard InChI is InChI=1S/C23H27NO5/c1-4-18-27-23(25-3,26-5-2)24(28-20-14-7-6-8-15-20)29-22-17-11-13-19-12-9-10-16-21(19)22/h6-17H,4-5,18H2,1-3H3. The average Bonchev–Trinajstić information content (AvgIpc) is 2.77. The number of fused-ring (bicyclic) bond motifs is 1. The summed E-state index contributed by atoms with van der Waals surface area (Å²) in [5.41, 5.74) is 0. The Morgan fingerprint density at radius 2 is 1.52 bits per heavy atom. The lowest BCUT2D eigenvalue weighted by Crippen LogP contribution is -2.57. The Hall–Kier alpha value is -2.64. The quantitative estimate of drug-likeness (QED) is 0.329. The van der Waals surface area contributed by atoms with Crippen molar-refractivity contribution in [3.8, 4) is 11.5 Å². The molecule has 0 heterocycles. The average molecular weight is 397 g/mol. The molecular weight excluding hydrogens is 370 g/mol. The molecule has 6 heteroatoms. The second-order valence-electron chi connectivity index (χ2n) is 6.24. The molecule has 0 aliphatic rings. The number of hydroxylamine groups is 2. The van der Waals surface area contributed by atoms with Gasteiger partial charge in [0, 0.05) is 12.5 Å². The molecule has 3 aromatic rings. The van der Waals surface area contributed by atoms with Gasteiger partial charge in [-0.1, -0.05) is 61.5 Å². The van der Waals surface area contributed by atoms with Crippen LogP contribution in [-0.4, -0.2) is 31.6 Å². The lowest BCUT2D eigenvalue weighted by atomic mass is 10.1. The summed E-state index contributed by atoms with van der Waals surface area (Å²) in [4.78, 5) is 12.2. The fraction of sp³-hybridized carbons (Fsp3) is 0.304. The molecule has 0 aromatic heterocycles. The smallest absolute Gasteiger partial charge is 0.365 e. The highest BCUT2D eigenvalue weighted by molar-refractivity contribution is 5.88. The molecule has 0 fully saturated rings. The molecule has 0 N–H and O–H groups in total. The number of methoxy groups -OCH3 is 1. The third kappa shape index (κ3) is 5.05. The van der Waals surface area contributed by atoms with E-state index in [4.69, 9.17) is 23.9 Å². The SMILES string of the molecule is CCCOC(OC)(OCC)N(Oc1ccccc1)Oc1cccc2ccccc12. The first-order valence-electron chi connectivity index (χ1n) is 9.74.